The van der Waals surface area contributed by atoms with Gasteiger partial charge in [0.1, 0.15) is 11.6 Å². The Bertz CT molecular complexity index is 1590. The number of benzene rings is 2. The largest absolute Gasteiger partial charge is 0.490 e. The van der Waals surface area contributed by atoms with Crippen molar-refractivity contribution in [1.29, 1.82) is 0 Å². The molecule has 36 heavy (non-hydrogen) atoms. The normalized spacial score (nSPS) is 16.8. The third kappa shape index (κ3) is 3.37. The molecule has 10 heteroatoms. The van der Waals surface area contributed by atoms with Crippen LogP contribution in [0.15, 0.2) is 30.3 Å². The Hall–Kier alpha value is -3.87. The van der Waals surface area contributed by atoms with Gasteiger partial charge in [-0.3, -0.25) is 4.40 Å². The average Bonchev–Trinajstić information content (AvgIpc) is 3.60. The monoisotopic (exact) mass is 495 g/mol. The summed E-state index contributed by atoms with van der Waals surface area (Å²) in [5.74, 6) is 2.03. The van der Waals surface area contributed by atoms with Gasteiger partial charge in [0, 0.05) is 13.5 Å². The predicted octanol–water partition coefficient (Wildman–Crippen LogP) is 5.57. The van der Waals surface area contributed by atoms with Crippen LogP contribution in [0.4, 0.5) is 29.1 Å². The number of aryl methyl sites for hydroxylation is 1. The molecule has 1 saturated carbocycles. The fourth-order valence-corrected chi connectivity index (χ4v) is 4.70. The Morgan fingerprint density at radius 3 is 2.67 bits per heavy atom. The van der Waals surface area contributed by atoms with Crippen molar-refractivity contribution in [3.63, 3.8) is 0 Å². The van der Waals surface area contributed by atoms with Crippen molar-refractivity contribution in [2.24, 2.45) is 5.41 Å². The van der Waals surface area contributed by atoms with E-state index in [0.29, 0.717) is 60.8 Å². The Morgan fingerprint density at radius 1 is 1.11 bits per heavy atom. The molecule has 1 fully saturated rings. The second-order valence-electron chi connectivity index (χ2n) is 9.30. The minimum Gasteiger partial charge on any atom is -0.490 e. The van der Waals surface area contributed by atoms with Gasteiger partial charge in [-0.05, 0) is 50.5 Å². The van der Waals surface area contributed by atoms with E-state index in [1.807, 2.05) is 0 Å². The quantitative estimate of drug-likeness (QED) is 0.269. The van der Waals surface area contributed by atoms with Crippen LogP contribution in [0.1, 0.15) is 37.6 Å². The van der Waals surface area contributed by atoms with Crippen molar-refractivity contribution >= 4 is 28.2 Å². The average molecular weight is 495 g/mol. The van der Waals surface area contributed by atoms with Gasteiger partial charge in [-0.15, -0.1) is 10.2 Å². The Kier molecular flexibility index (Phi) is 4.90. The van der Waals surface area contributed by atoms with Crippen molar-refractivity contribution in [3.05, 3.63) is 53.4 Å². The lowest BCUT2D eigenvalue weighted by molar-refractivity contribution is -0.0294. The standard InChI is InChI=1S/C26H21F4N5O/c1-15-32-33-24-31-23(20-18(35(15)24)8-7-17(27)21(20)28)34-13-4-14-36-22-16(5-3-6-19(22)34)9-10-26(11-12-26)25(2,29)30/h3,5-8H,4,11-14H2,1-2H3. The molecule has 1 aliphatic heterocycles. The number of halogens is 4. The van der Waals surface area contributed by atoms with E-state index in [2.05, 4.69) is 27.0 Å². The SMILES string of the molecule is Cc1nnc2nc(N3CCCOc4c(C#CC5(C(C)(F)F)CC5)cccc43)c3c(F)c(F)ccc3n12. The van der Waals surface area contributed by atoms with Crippen LogP contribution in [0.2, 0.25) is 0 Å². The Morgan fingerprint density at radius 2 is 1.92 bits per heavy atom. The van der Waals surface area contributed by atoms with Crippen molar-refractivity contribution in [3.8, 4) is 17.6 Å². The minimum atomic E-state index is -2.91. The van der Waals surface area contributed by atoms with E-state index in [1.54, 1.807) is 34.4 Å². The van der Waals surface area contributed by atoms with E-state index < -0.39 is 23.0 Å². The maximum atomic E-state index is 15.3. The van der Waals surface area contributed by atoms with Crippen molar-refractivity contribution in [2.75, 3.05) is 18.1 Å². The van der Waals surface area contributed by atoms with Crippen LogP contribution in [0.5, 0.6) is 5.75 Å². The molecule has 6 rings (SSSR count). The van der Waals surface area contributed by atoms with Crippen LogP contribution < -0.4 is 9.64 Å². The number of anilines is 2. The van der Waals surface area contributed by atoms with Crippen LogP contribution in [-0.2, 0) is 0 Å². The highest BCUT2D eigenvalue weighted by Gasteiger charge is 2.58. The first kappa shape index (κ1) is 22.6. The maximum absolute atomic E-state index is 15.3. The summed E-state index contributed by atoms with van der Waals surface area (Å²) in [6.07, 6.45) is 1.23. The highest BCUT2D eigenvalue weighted by Crippen LogP contribution is 2.56. The number of ether oxygens (including phenoxy) is 1. The van der Waals surface area contributed by atoms with E-state index in [0.717, 1.165) is 13.0 Å². The molecule has 0 unspecified atom stereocenters. The van der Waals surface area contributed by atoms with Gasteiger partial charge >= 0.3 is 0 Å². The number of rotatable bonds is 2. The second-order valence-corrected chi connectivity index (χ2v) is 9.30. The molecule has 4 aromatic rings. The molecule has 0 radical (unpaired) electrons. The van der Waals surface area contributed by atoms with Gasteiger partial charge in [-0.1, -0.05) is 17.9 Å². The van der Waals surface area contributed by atoms with Gasteiger partial charge in [0.05, 0.1) is 34.2 Å². The molecular weight excluding hydrogens is 474 g/mol. The number of aromatic nitrogens is 4. The van der Waals surface area contributed by atoms with Gasteiger partial charge in [-0.2, -0.15) is 4.98 Å². The molecule has 6 nitrogen and oxygen atoms in total. The summed E-state index contributed by atoms with van der Waals surface area (Å²) < 4.78 is 65.4. The number of nitrogens with zero attached hydrogens (tertiary/aromatic N) is 5. The Balaban J connectivity index is 1.56. The summed E-state index contributed by atoms with van der Waals surface area (Å²) in [7, 11) is 0. The molecule has 184 valence electrons. The van der Waals surface area contributed by atoms with Crippen molar-refractivity contribution in [1.82, 2.24) is 19.6 Å². The van der Waals surface area contributed by atoms with Gasteiger partial charge in [0.15, 0.2) is 17.4 Å². The smallest absolute Gasteiger partial charge is 0.261 e. The zero-order valence-electron chi connectivity index (χ0n) is 19.6. The van der Waals surface area contributed by atoms with Crippen LogP contribution in [0.25, 0.3) is 16.7 Å². The lowest BCUT2D eigenvalue weighted by Gasteiger charge is -2.25. The fourth-order valence-electron chi connectivity index (χ4n) is 4.70. The number of hydrogen-bond donors (Lipinski definition) is 0. The van der Waals surface area contributed by atoms with Crippen LogP contribution >= 0.6 is 0 Å². The number of fused-ring (bicyclic) bond motifs is 4. The summed E-state index contributed by atoms with van der Waals surface area (Å²) in [6.45, 7) is 3.32. The molecule has 1 aliphatic carbocycles. The van der Waals surface area contributed by atoms with Crippen LogP contribution in [0.3, 0.4) is 0 Å². The molecule has 0 saturated heterocycles. The summed E-state index contributed by atoms with van der Waals surface area (Å²) in [6, 6.07) is 7.73. The number of alkyl halides is 2. The highest BCUT2D eigenvalue weighted by molar-refractivity contribution is 5.95. The maximum Gasteiger partial charge on any atom is 0.261 e. The van der Waals surface area contributed by atoms with Gasteiger partial charge in [0.2, 0.25) is 0 Å². The highest BCUT2D eigenvalue weighted by atomic mass is 19.3. The van der Waals surface area contributed by atoms with E-state index >= 15 is 4.39 Å². The first-order valence-electron chi connectivity index (χ1n) is 11.6. The van der Waals surface area contributed by atoms with Crippen molar-refractivity contribution < 1.29 is 22.3 Å². The van der Waals surface area contributed by atoms with E-state index in [9.17, 15) is 13.2 Å². The zero-order chi connectivity index (χ0) is 25.2. The summed E-state index contributed by atoms with van der Waals surface area (Å²) in [4.78, 5) is 6.31. The summed E-state index contributed by atoms with van der Waals surface area (Å²) in [5.41, 5.74) is 0.0328. The lowest BCUT2D eigenvalue weighted by atomic mass is 9.99. The van der Waals surface area contributed by atoms with Gasteiger partial charge in [-0.25, -0.2) is 17.6 Å². The number of hydrogen-bond acceptors (Lipinski definition) is 5. The van der Waals surface area contributed by atoms with E-state index in [1.165, 1.54) is 6.07 Å². The molecule has 2 aliphatic rings. The van der Waals surface area contributed by atoms with Crippen LogP contribution in [0, 0.1) is 35.8 Å². The third-order valence-electron chi connectivity index (χ3n) is 6.89. The molecular formula is C26H21F4N5O. The first-order valence-corrected chi connectivity index (χ1v) is 11.6. The van der Waals surface area contributed by atoms with Crippen LogP contribution in [-0.4, -0.2) is 38.7 Å². The van der Waals surface area contributed by atoms with Crippen molar-refractivity contribution in [2.45, 2.75) is 39.0 Å². The lowest BCUT2D eigenvalue weighted by Crippen LogP contribution is -2.24. The third-order valence-corrected chi connectivity index (χ3v) is 6.89. The zero-order valence-corrected chi connectivity index (χ0v) is 19.6. The molecule has 3 heterocycles. The second kappa shape index (κ2) is 7.82. The minimum absolute atomic E-state index is 0.0164. The Labute approximate surface area is 203 Å². The van der Waals surface area contributed by atoms with E-state index in [4.69, 9.17) is 4.74 Å². The summed E-state index contributed by atoms with van der Waals surface area (Å²) in [5, 5.41) is 8.12. The van der Waals surface area contributed by atoms with Gasteiger partial charge < -0.3 is 9.64 Å². The fraction of sp³-hybridized carbons (Fsp3) is 0.346. The molecule has 2 aromatic heterocycles. The summed E-state index contributed by atoms with van der Waals surface area (Å²) >= 11 is 0. The molecule has 0 spiro atoms. The molecule has 0 bridgehead atoms. The molecule has 0 N–H and O–H groups in total. The first-order chi connectivity index (χ1) is 17.2. The number of para-hydroxylation sites is 1. The molecule has 2 aromatic carbocycles. The predicted molar refractivity (Wildman–Crippen MR) is 126 cm³/mol. The van der Waals surface area contributed by atoms with E-state index in [-0.39, 0.29) is 17.0 Å². The van der Waals surface area contributed by atoms with Gasteiger partial charge in [0.25, 0.3) is 11.7 Å². The molecule has 0 amide bonds. The molecule has 0 atom stereocenters. The topological polar surface area (TPSA) is 55.5 Å².